The molecule has 4 rings (SSSR count). The van der Waals surface area contributed by atoms with Crippen molar-refractivity contribution in [3.05, 3.63) is 66.1 Å². The molecule has 1 fully saturated rings. The molecule has 1 N–H and O–H groups in total. The first-order chi connectivity index (χ1) is 14.8. The SMILES string of the molecule is COc1ccccc1C(CNC(=O)c1cc(-c2cccnc2)on1)N1CCCCC1. The van der Waals surface area contributed by atoms with Gasteiger partial charge in [0.2, 0.25) is 0 Å². The van der Waals surface area contributed by atoms with Crippen LogP contribution in [-0.2, 0) is 0 Å². The van der Waals surface area contributed by atoms with Crippen LogP contribution < -0.4 is 10.1 Å². The highest BCUT2D eigenvalue weighted by Gasteiger charge is 2.26. The quantitative estimate of drug-likeness (QED) is 0.644. The van der Waals surface area contributed by atoms with E-state index in [2.05, 4.69) is 26.4 Å². The lowest BCUT2D eigenvalue weighted by Crippen LogP contribution is -2.40. The maximum absolute atomic E-state index is 12.8. The minimum Gasteiger partial charge on any atom is -0.496 e. The summed E-state index contributed by atoms with van der Waals surface area (Å²) in [6, 6.07) is 13.4. The lowest BCUT2D eigenvalue weighted by molar-refractivity contribution is 0.0914. The number of benzene rings is 1. The van der Waals surface area contributed by atoms with Crippen molar-refractivity contribution in [2.75, 3.05) is 26.7 Å². The molecule has 1 aliphatic heterocycles. The summed E-state index contributed by atoms with van der Waals surface area (Å²) >= 11 is 0. The van der Waals surface area contributed by atoms with Crippen LogP contribution >= 0.6 is 0 Å². The zero-order valence-electron chi connectivity index (χ0n) is 17.1. The predicted molar refractivity (Wildman–Crippen MR) is 113 cm³/mol. The molecule has 7 heteroatoms. The Labute approximate surface area is 176 Å². The standard InChI is InChI=1S/C23H26N4O3/c1-29-21-10-4-3-9-18(21)20(27-12-5-2-6-13-27)16-25-23(28)19-14-22(30-26-19)17-8-7-11-24-15-17/h3-4,7-11,14-15,20H,2,5-6,12-13,16H2,1H3,(H,25,28). The number of methoxy groups -OCH3 is 1. The normalized spacial score (nSPS) is 15.5. The summed E-state index contributed by atoms with van der Waals surface area (Å²) in [4.78, 5) is 19.3. The monoisotopic (exact) mass is 406 g/mol. The largest absolute Gasteiger partial charge is 0.496 e. The molecule has 0 spiro atoms. The molecule has 0 bridgehead atoms. The van der Waals surface area contributed by atoms with Crippen molar-refractivity contribution < 1.29 is 14.1 Å². The van der Waals surface area contributed by atoms with Crippen LogP contribution in [0.2, 0.25) is 0 Å². The number of likely N-dealkylation sites (tertiary alicyclic amines) is 1. The van der Waals surface area contributed by atoms with Gasteiger partial charge in [-0.1, -0.05) is 29.8 Å². The van der Waals surface area contributed by atoms with Crippen molar-refractivity contribution in [3.8, 4) is 17.1 Å². The van der Waals surface area contributed by atoms with Gasteiger partial charge in [0.25, 0.3) is 5.91 Å². The predicted octanol–water partition coefficient (Wildman–Crippen LogP) is 3.70. The van der Waals surface area contributed by atoms with E-state index >= 15 is 0 Å². The van der Waals surface area contributed by atoms with Gasteiger partial charge < -0.3 is 14.6 Å². The Hall–Kier alpha value is -3.19. The van der Waals surface area contributed by atoms with E-state index in [9.17, 15) is 4.79 Å². The molecule has 0 aliphatic carbocycles. The minimum absolute atomic E-state index is 0.0371. The topological polar surface area (TPSA) is 80.5 Å². The number of para-hydroxylation sites is 1. The summed E-state index contributed by atoms with van der Waals surface area (Å²) in [6.07, 6.45) is 6.94. The Bertz CT molecular complexity index is 967. The number of amides is 1. The van der Waals surface area contributed by atoms with Crippen LogP contribution in [-0.4, -0.2) is 47.7 Å². The van der Waals surface area contributed by atoms with Gasteiger partial charge in [0, 0.05) is 36.1 Å². The summed E-state index contributed by atoms with van der Waals surface area (Å²) < 4.78 is 10.9. The van der Waals surface area contributed by atoms with Gasteiger partial charge in [-0.05, 0) is 44.1 Å². The molecule has 0 radical (unpaired) electrons. The molecule has 0 saturated carbocycles. The molecule has 2 aromatic heterocycles. The molecular weight excluding hydrogens is 380 g/mol. The van der Waals surface area contributed by atoms with Crippen molar-refractivity contribution >= 4 is 5.91 Å². The van der Waals surface area contributed by atoms with Gasteiger partial charge >= 0.3 is 0 Å². The number of hydrogen-bond donors (Lipinski definition) is 1. The van der Waals surface area contributed by atoms with E-state index < -0.39 is 0 Å². The summed E-state index contributed by atoms with van der Waals surface area (Å²) in [5.74, 6) is 1.10. The van der Waals surface area contributed by atoms with Crippen molar-refractivity contribution in [2.24, 2.45) is 0 Å². The highest BCUT2D eigenvalue weighted by Crippen LogP contribution is 2.31. The first-order valence-corrected chi connectivity index (χ1v) is 10.3. The number of hydrogen-bond acceptors (Lipinski definition) is 6. The number of carbonyl (C=O) groups excluding carboxylic acids is 1. The fourth-order valence-electron chi connectivity index (χ4n) is 3.91. The Kier molecular flexibility index (Phi) is 6.39. The van der Waals surface area contributed by atoms with Crippen LogP contribution in [0.4, 0.5) is 0 Å². The molecule has 3 aromatic rings. The van der Waals surface area contributed by atoms with Gasteiger partial charge in [0.1, 0.15) is 5.75 Å². The number of nitrogens with one attached hydrogen (secondary N) is 1. The molecule has 1 aliphatic rings. The van der Waals surface area contributed by atoms with Crippen LogP contribution in [0.1, 0.15) is 41.4 Å². The summed E-state index contributed by atoms with van der Waals surface area (Å²) in [5, 5.41) is 6.97. The molecular formula is C23H26N4O3. The van der Waals surface area contributed by atoms with Gasteiger partial charge in [-0.3, -0.25) is 14.7 Å². The first kappa shape index (κ1) is 20.1. The van der Waals surface area contributed by atoms with Crippen molar-refractivity contribution in [1.29, 1.82) is 0 Å². The number of nitrogens with zero attached hydrogens (tertiary/aromatic N) is 3. The summed E-state index contributed by atoms with van der Waals surface area (Å²) in [7, 11) is 1.68. The Morgan fingerprint density at radius 3 is 2.80 bits per heavy atom. The van der Waals surface area contributed by atoms with E-state index in [4.69, 9.17) is 9.26 Å². The molecule has 1 atom stereocenters. The number of ether oxygens (including phenoxy) is 1. The molecule has 1 saturated heterocycles. The highest BCUT2D eigenvalue weighted by atomic mass is 16.5. The zero-order chi connectivity index (χ0) is 20.8. The van der Waals surface area contributed by atoms with E-state index in [1.807, 2.05) is 30.3 Å². The maximum Gasteiger partial charge on any atom is 0.273 e. The zero-order valence-corrected chi connectivity index (χ0v) is 17.1. The van der Waals surface area contributed by atoms with Gasteiger partial charge in [-0.15, -0.1) is 0 Å². The lowest BCUT2D eigenvalue weighted by atomic mass is 10.0. The van der Waals surface area contributed by atoms with E-state index in [1.165, 1.54) is 6.42 Å². The molecule has 1 unspecified atom stereocenters. The van der Waals surface area contributed by atoms with Crippen molar-refractivity contribution in [3.63, 3.8) is 0 Å². The Morgan fingerprint density at radius 2 is 2.03 bits per heavy atom. The maximum atomic E-state index is 12.8. The molecule has 156 valence electrons. The average molecular weight is 406 g/mol. The van der Waals surface area contributed by atoms with E-state index in [-0.39, 0.29) is 17.6 Å². The fourth-order valence-corrected chi connectivity index (χ4v) is 3.91. The first-order valence-electron chi connectivity index (χ1n) is 10.3. The van der Waals surface area contributed by atoms with Crippen LogP contribution in [0.15, 0.2) is 59.4 Å². The van der Waals surface area contributed by atoms with Crippen molar-refractivity contribution in [2.45, 2.75) is 25.3 Å². The Morgan fingerprint density at radius 1 is 1.20 bits per heavy atom. The Balaban J connectivity index is 1.49. The van der Waals surface area contributed by atoms with E-state index in [0.29, 0.717) is 12.3 Å². The van der Waals surface area contributed by atoms with Crippen LogP contribution in [0.25, 0.3) is 11.3 Å². The number of pyridine rings is 1. The average Bonchev–Trinajstić information content (AvgIpc) is 3.31. The smallest absolute Gasteiger partial charge is 0.273 e. The second-order valence-corrected chi connectivity index (χ2v) is 7.38. The van der Waals surface area contributed by atoms with Gasteiger partial charge in [0.15, 0.2) is 11.5 Å². The number of piperidine rings is 1. The number of rotatable bonds is 7. The molecule has 30 heavy (non-hydrogen) atoms. The van der Waals surface area contributed by atoms with E-state index in [0.717, 1.165) is 42.8 Å². The molecule has 3 heterocycles. The highest BCUT2D eigenvalue weighted by molar-refractivity contribution is 5.93. The third kappa shape index (κ3) is 4.52. The number of carbonyl (C=O) groups is 1. The number of aromatic nitrogens is 2. The van der Waals surface area contributed by atoms with E-state index in [1.54, 1.807) is 25.6 Å². The minimum atomic E-state index is -0.259. The second kappa shape index (κ2) is 9.54. The molecule has 1 aromatic carbocycles. The van der Waals surface area contributed by atoms with Crippen molar-refractivity contribution in [1.82, 2.24) is 20.4 Å². The third-order valence-electron chi connectivity index (χ3n) is 5.47. The second-order valence-electron chi connectivity index (χ2n) is 7.38. The summed E-state index contributed by atoms with van der Waals surface area (Å²) in [5.41, 5.74) is 2.12. The van der Waals surface area contributed by atoms with Gasteiger partial charge in [-0.25, -0.2) is 0 Å². The van der Waals surface area contributed by atoms with Gasteiger partial charge in [-0.2, -0.15) is 0 Å². The molecule has 7 nitrogen and oxygen atoms in total. The fraction of sp³-hybridized carbons (Fsp3) is 0.348. The van der Waals surface area contributed by atoms with Crippen LogP contribution in [0, 0.1) is 0 Å². The van der Waals surface area contributed by atoms with Gasteiger partial charge in [0.05, 0.1) is 13.2 Å². The third-order valence-corrected chi connectivity index (χ3v) is 5.47. The lowest BCUT2D eigenvalue weighted by Gasteiger charge is -2.35. The molecule has 1 amide bonds. The summed E-state index contributed by atoms with van der Waals surface area (Å²) in [6.45, 7) is 2.48. The van der Waals surface area contributed by atoms with Crippen LogP contribution in [0.5, 0.6) is 5.75 Å². The van der Waals surface area contributed by atoms with Crippen LogP contribution in [0.3, 0.4) is 0 Å².